The fraction of sp³-hybridized carbons (Fsp3) is 0.0164. The molecule has 0 fully saturated rings. The summed E-state index contributed by atoms with van der Waals surface area (Å²) in [5, 5.41) is 7.27. The number of hydrogen-bond acceptors (Lipinski definition) is 3. The molecule has 3 aromatic heterocycles. The number of rotatable bonds is 4. The van der Waals surface area contributed by atoms with Crippen LogP contribution in [0.4, 0.5) is 17.1 Å². The van der Waals surface area contributed by atoms with Gasteiger partial charge < -0.3 is 28.1 Å². The number of para-hydroxylation sites is 6. The average Bonchev–Trinajstić information content (AvgIpc) is 4.02. The van der Waals surface area contributed by atoms with Gasteiger partial charge in [0, 0.05) is 79.1 Å². The third-order valence-corrected chi connectivity index (χ3v) is 14.9. The van der Waals surface area contributed by atoms with E-state index in [4.69, 9.17) is 9.47 Å². The first kappa shape index (κ1) is 36.3. The van der Waals surface area contributed by atoms with Crippen molar-refractivity contribution in [2.24, 2.45) is 0 Å². The largest absolute Gasteiger partial charge is 0.458 e. The molecule has 10 aromatic carbocycles. The van der Waals surface area contributed by atoms with Crippen LogP contribution in [0.5, 0.6) is 23.0 Å². The molecule has 0 aliphatic carbocycles. The summed E-state index contributed by atoms with van der Waals surface area (Å²) < 4.78 is 22.0. The van der Waals surface area contributed by atoms with Gasteiger partial charge in [0.05, 0.1) is 50.2 Å². The van der Waals surface area contributed by atoms with Crippen molar-refractivity contribution < 1.29 is 9.47 Å². The summed E-state index contributed by atoms with van der Waals surface area (Å²) in [5.74, 6) is 3.27. The first-order valence-electron chi connectivity index (χ1n) is 23.4. The maximum absolute atomic E-state index is 7.42. The number of aromatic nitrogens is 3. The van der Waals surface area contributed by atoms with Gasteiger partial charge >= 0.3 is 0 Å². The third kappa shape index (κ3) is 4.71. The molecule has 0 amide bonds. The van der Waals surface area contributed by atoms with Crippen LogP contribution in [0.1, 0.15) is 5.56 Å². The van der Waals surface area contributed by atoms with E-state index in [1.807, 2.05) is 0 Å². The highest BCUT2D eigenvalue weighted by Gasteiger charge is 2.48. The lowest BCUT2D eigenvalue weighted by molar-refractivity contribution is 0.464. The van der Waals surface area contributed by atoms with Gasteiger partial charge in [0.15, 0.2) is 0 Å². The minimum atomic E-state index is -0.161. The lowest BCUT2D eigenvalue weighted by Gasteiger charge is -2.43. The van der Waals surface area contributed by atoms with E-state index in [0.717, 1.165) is 107 Å². The predicted octanol–water partition coefficient (Wildman–Crippen LogP) is 13.8. The molecule has 7 heteroatoms. The Morgan fingerprint density at radius 2 is 0.603 bits per heavy atom. The van der Waals surface area contributed by atoms with Crippen molar-refractivity contribution in [2.75, 3.05) is 4.90 Å². The summed E-state index contributed by atoms with van der Waals surface area (Å²) in [6.45, 7) is 1.99. The number of hydrogen-bond donors (Lipinski definition) is 0. The molecule has 316 valence electrons. The van der Waals surface area contributed by atoms with E-state index >= 15 is 0 Å². The highest BCUT2D eigenvalue weighted by molar-refractivity contribution is 7.00. The monoisotopic (exact) mass is 868 g/mol. The van der Waals surface area contributed by atoms with Gasteiger partial charge in [-0.3, -0.25) is 0 Å². The zero-order chi connectivity index (χ0) is 44.4. The van der Waals surface area contributed by atoms with Crippen LogP contribution in [0.3, 0.4) is 0 Å². The molecule has 68 heavy (non-hydrogen) atoms. The van der Waals surface area contributed by atoms with E-state index in [2.05, 4.69) is 232 Å². The number of anilines is 3. The van der Waals surface area contributed by atoms with Crippen LogP contribution >= 0.6 is 0 Å². The Bertz CT molecular complexity index is 4010. The molecule has 3 aliphatic heterocycles. The molecule has 0 saturated heterocycles. The van der Waals surface area contributed by atoms with Crippen molar-refractivity contribution >= 4 is 106 Å². The zero-order valence-corrected chi connectivity index (χ0v) is 36.8. The quantitative estimate of drug-likeness (QED) is 0.165. The molecule has 6 heterocycles. The van der Waals surface area contributed by atoms with E-state index in [0.29, 0.717) is 0 Å². The molecule has 0 radical (unpaired) electrons. The van der Waals surface area contributed by atoms with Crippen molar-refractivity contribution in [3.63, 3.8) is 0 Å². The second-order valence-corrected chi connectivity index (χ2v) is 18.5. The Balaban J connectivity index is 1.04. The van der Waals surface area contributed by atoms with Crippen molar-refractivity contribution in [2.45, 2.75) is 6.92 Å². The van der Waals surface area contributed by atoms with Crippen LogP contribution in [0.2, 0.25) is 0 Å². The molecule has 16 rings (SSSR count). The summed E-state index contributed by atoms with van der Waals surface area (Å²) >= 11 is 0. The number of benzene rings is 10. The maximum atomic E-state index is 7.42. The topological polar surface area (TPSA) is 36.5 Å². The first-order chi connectivity index (χ1) is 33.6. The molecule has 0 atom stereocenters. The molecule has 0 spiro atoms. The van der Waals surface area contributed by atoms with Crippen molar-refractivity contribution in [3.8, 4) is 40.1 Å². The zero-order valence-electron chi connectivity index (χ0n) is 36.8. The summed E-state index contributed by atoms with van der Waals surface area (Å²) in [6, 6.07) is 75.0. The van der Waals surface area contributed by atoms with Crippen LogP contribution in [0.25, 0.3) is 82.5 Å². The molecule has 3 aliphatic rings. The highest BCUT2D eigenvalue weighted by Crippen LogP contribution is 2.49. The van der Waals surface area contributed by atoms with E-state index in [1.165, 1.54) is 37.9 Å². The van der Waals surface area contributed by atoms with Gasteiger partial charge in [-0.1, -0.05) is 127 Å². The van der Waals surface area contributed by atoms with E-state index in [1.54, 1.807) is 0 Å². The van der Waals surface area contributed by atoms with Gasteiger partial charge in [-0.25, -0.2) is 0 Å². The second-order valence-electron chi connectivity index (χ2n) is 18.5. The highest BCUT2D eigenvalue weighted by atomic mass is 16.5. The predicted molar refractivity (Wildman–Crippen MR) is 280 cm³/mol. The van der Waals surface area contributed by atoms with Crippen LogP contribution in [0, 0.1) is 6.92 Å². The number of ether oxygens (including phenoxy) is 2. The number of aryl methyl sites for hydroxylation is 1. The molecular formula is C61H37BN4O2. The Morgan fingerprint density at radius 1 is 0.309 bits per heavy atom. The van der Waals surface area contributed by atoms with Crippen LogP contribution < -0.4 is 30.8 Å². The standard InChI is InChI=1S/C61H37BN4O2/c1-36-26-28-37(29-27-36)63-53-30-38(64-47-20-8-2-14-41(47)42-15-3-9-21-48(42)64)32-55-59(53)62-60-54(63)31-39(65-49-22-10-4-16-43(49)44-17-5-11-23-50(44)65)33-56(60)68-58-35-40(34-57(67-55)61(58)62)66-51-24-12-6-18-45(51)46-19-7-13-25-52(46)66/h2-35H,1H3. The summed E-state index contributed by atoms with van der Waals surface area (Å²) in [7, 11) is 0. The van der Waals surface area contributed by atoms with E-state index < -0.39 is 0 Å². The molecule has 0 bridgehead atoms. The number of nitrogens with zero attached hydrogens (tertiary/aromatic N) is 4. The van der Waals surface area contributed by atoms with Crippen LogP contribution in [-0.4, -0.2) is 20.4 Å². The minimum absolute atomic E-state index is 0.161. The van der Waals surface area contributed by atoms with Crippen molar-refractivity contribution in [1.82, 2.24) is 13.7 Å². The molecule has 0 N–H and O–H groups in total. The molecule has 0 unspecified atom stereocenters. The lowest BCUT2D eigenvalue weighted by atomic mass is 9.33. The second kappa shape index (κ2) is 13.1. The smallest absolute Gasteiger partial charge is 0.266 e. The maximum Gasteiger partial charge on any atom is 0.266 e. The number of fused-ring (bicyclic) bond motifs is 9. The Hall–Kier alpha value is -8.94. The Kier molecular flexibility index (Phi) is 7.00. The molecular weight excluding hydrogens is 832 g/mol. The van der Waals surface area contributed by atoms with Gasteiger partial charge in [0.1, 0.15) is 23.0 Å². The summed E-state index contributed by atoms with van der Waals surface area (Å²) in [5.41, 5.74) is 17.6. The average molecular weight is 869 g/mol. The van der Waals surface area contributed by atoms with Crippen molar-refractivity contribution in [1.29, 1.82) is 0 Å². The van der Waals surface area contributed by atoms with Gasteiger partial charge in [-0.15, -0.1) is 0 Å². The fourth-order valence-electron chi connectivity index (χ4n) is 12.1. The summed E-state index contributed by atoms with van der Waals surface area (Å²) in [6.07, 6.45) is 0. The Morgan fingerprint density at radius 3 is 0.941 bits per heavy atom. The minimum Gasteiger partial charge on any atom is -0.458 e. The van der Waals surface area contributed by atoms with E-state index in [9.17, 15) is 0 Å². The molecule has 13 aromatic rings. The Labute approximate surface area is 390 Å². The summed E-state index contributed by atoms with van der Waals surface area (Å²) in [4.78, 5) is 2.46. The van der Waals surface area contributed by atoms with Gasteiger partial charge in [0.2, 0.25) is 0 Å². The SMILES string of the molecule is Cc1ccc(N2c3cc(-n4c5ccccc5c5ccccc54)cc4c3B3c5c(cc(-n6c7ccccc7c7ccccc76)cc5Oc5cc(-n6c7ccccc7c7ccccc76)cc2c53)O4)cc1. The van der Waals surface area contributed by atoms with Gasteiger partial charge in [0.25, 0.3) is 6.71 Å². The normalized spacial score (nSPS) is 13.2. The molecule has 0 saturated carbocycles. The lowest BCUT2D eigenvalue weighted by Crippen LogP contribution is -2.61. The van der Waals surface area contributed by atoms with Gasteiger partial charge in [-0.2, -0.15) is 0 Å². The first-order valence-corrected chi connectivity index (χ1v) is 23.4. The van der Waals surface area contributed by atoms with Crippen LogP contribution in [-0.2, 0) is 0 Å². The van der Waals surface area contributed by atoms with Crippen molar-refractivity contribution in [3.05, 3.63) is 212 Å². The third-order valence-electron chi connectivity index (χ3n) is 14.9. The molecule has 6 nitrogen and oxygen atoms in total. The van der Waals surface area contributed by atoms with Gasteiger partial charge in [-0.05, 0) is 78.5 Å². The fourth-order valence-corrected chi connectivity index (χ4v) is 12.1. The van der Waals surface area contributed by atoms with E-state index in [-0.39, 0.29) is 6.71 Å². The van der Waals surface area contributed by atoms with Crippen LogP contribution in [0.15, 0.2) is 206 Å².